The zero-order chi connectivity index (χ0) is 11.8. The molecule has 5 heteroatoms. The summed E-state index contributed by atoms with van der Waals surface area (Å²) < 4.78 is 5.64. The summed E-state index contributed by atoms with van der Waals surface area (Å²) in [6, 6.07) is 0.482. The number of hydrogen-bond donors (Lipinski definition) is 1. The zero-order valence-electron chi connectivity index (χ0n) is 10.3. The highest BCUT2D eigenvalue weighted by Crippen LogP contribution is 2.35. The van der Waals surface area contributed by atoms with Crippen molar-refractivity contribution in [2.75, 3.05) is 18.0 Å². The molecule has 5 nitrogen and oxygen atoms in total. The number of rotatable bonds is 6. The van der Waals surface area contributed by atoms with Gasteiger partial charge in [-0.15, -0.1) is 5.10 Å². The average Bonchev–Trinajstić information content (AvgIpc) is 3.21. The lowest BCUT2D eigenvalue weighted by molar-refractivity contribution is 0.450. The van der Waals surface area contributed by atoms with E-state index in [2.05, 4.69) is 15.1 Å². The molecule has 1 aromatic heterocycles. The average molecular weight is 236 g/mol. The maximum atomic E-state index is 5.74. The van der Waals surface area contributed by atoms with Gasteiger partial charge in [0, 0.05) is 13.1 Å². The monoisotopic (exact) mass is 236 g/mol. The van der Waals surface area contributed by atoms with Crippen LogP contribution >= 0.6 is 0 Å². The summed E-state index contributed by atoms with van der Waals surface area (Å²) in [7, 11) is 0. The van der Waals surface area contributed by atoms with Crippen LogP contribution in [0.2, 0.25) is 0 Å². The highest BCUT2D eigenvalue weighted by Gasteiger charge is 2.31. The minimum absolute atomic E-state index is 0.181. The van der Waals surface area contributed by atoms with Crippen LogP contribution in [0.4, 0.5) is 6.01 Å². The van der Waals surface area contributed by atoms with Gasteiger partial charge in [0.05, 0.1) is 6.04 Å². The number of anilines is 1. The molecule has 2 N–H and O–H groups in total. The van der Waals surface area contributed by atoms with Crippen molar-refractivity contribution >= 4 is 6.01 Å². The fourth-order valence-corrected chi connectivity index (χ4v) is 1.99. The lowest BCUT2D eigenvalue weighted by Gasteiger charge is -2.19. The maximum Gasteiger partial charge on any atom is 0.318 e. The van der Waals surface area contributed by atoms with Gasteiger partial charge in [-0.2, -0.15) is 0 Å². The first-order valence-corrected chi connectivity index (χ1v) is 6.56. The molecule has 0 aliphatic heterocycles. The van der Waals surface area contributed by atoms with Gasteiger partial charge in [0.15, 0.2) is 0 Å². The molecule has 0 saturated heterocycles. The van der Waals surface area contributed by atoms with Gasteiger partial charge < -0.3 is 15.1 Å². The molecule has 2 fully saturated rings. The van der Waals surface area contributed by atoms with E-state index < -0.39 is 0 Å². The van der Waals surface area contributed by atoms with E-state index in [-0.39, 0.29) is 6.04 Å². The first kappa shape index (κ1) is 11.0. The van der Waals surface area contributed by atoms with Crippen LogP contribution in [0.15, 0.2) is 4.42 Å². The molecule has 0 spiro atoms. The summed E-state index contributed by atoms with van der Waals surface area (Å²) in [5.74, 6) is 2.20. The second kappa shape index (κ2) is 4.29. The van der Waals surface area contributed by atoms with Crippen LogP contribution < -0.4 is 10.6 Å². The third kappa shape index (κ3) is 2.77. The predicted octanol–water partition coefficient (Wildman–Crippen LogP) is 1.72. The third-order valence-electron chi connectivity index (χ3n) is 3.44. The number of nitrogens with zero attached hydrogens (tertiary/aromatic N) is 3. The molecule has 17 heavy (non-hydrogen) atoms. The Morgan fingerprint density at radius 3 is 2.24 bits per heavy atom. The molecule has 0 aromatic carbocycles. The molecule has 1 atom stereocenters. The summed E-state index contributed by atoms with van der Waals surface area (Å²) in [6.07, 6.45) is 5.37. The van der Waals surface area contributed by atoms with Crippen molar-refractivity contribution in [2.45, 2.75) is 38.6 Å². The third-order valence-corrected chi connectivity index (χ3v) is 3.44. The summed E-state index contributed by atoms with van der Waals surface area (Å²) >= 11 is 0. The van der Waals surface area contributed by atoms with Crippen LogP contribution in [0.1, 0.15) is 44.5 Å². The molecule has 0 amide bonds. The number of hydrogen-bond acceptors (Lipinski definition) is 5. The lowest BCUT2D eigenvalue weighted by atomic mass is 10.3. The summed E-state index contributed by atoms with van der Waals surface area (Å²) in [5, 5.41) is 8.14. The van der Waals surface area contributed by atoms with E-state index in [9.17, 15) is 0 Å². The molecule has 1 aromatic rings. The highest BCUT2D eigenvalue weighted by molar-refractivity contribution is 5.26. The van der Waals surface area contributed by atoms with E-state index in [1.807, 2.05) is 6.92 Å². The van der Waals surface area contributed by atoms with Gasteiger partial charge in [0.25, 0.3) is 0 Å². The van der Waals surface area contributed by atoms with Gasteiger partial charge in [0.1, 0.15) is 0 Å². The minimum atomic E-state index is -0.181. The van der Waals surface area contributed by atoms with Crippen molar-refractivity contribution in [2.24, 2.45) is 17.6 Å². The second-order valence-electron chi connectivity index (χ2n) is 5.50. The van der Waals surface area contributed by atoms with Crippen molar-refractivity contribution in [1.82, 2.24) is 10.2 Å². The molecule has 1 heterocycles. The first-order chi connectivity index (χ1) is 8.22. The summed E-state index contributed by atoms with van der Waals surface area (Å²) in [5.41, 5.74) is 5.74. The predicted molar refractivity (Wildman–Crippen MR) is 64.6 cm³/mol. The molecular formula is C12H20N4O. The van der Waals surface area contributed by atoms with Gasteiger partial charge in [0.2, 0.25) is 5.89 Å². The second-order valence-corrected chi connectivity index (χ2v) is 5.50. The van der Waals surface area contributed by atoms with Crippen molar-refractivity contribution in [3.63, 3.8) is 0 Å². The molecule has 0 radical (unpaired) electrons. The molecule has 2 saturated carbocycles. The van der Waals surface area contributed by atoms with Crippen LogP contribution in [0.3, 0.4) is 0 Å². The Labute approximate surface area is 101 Å². The Bertz CT molecular complexity index is 368. The molecule has 3 rings (SSSR count). The van der Waals surface area contributed by atoms with Crippen LogP contribution in [-0.2, 0) is 0 Å². The van der Waals surface area contributed by atoms with Crippen molar-refractivity contribution in [3.8, 4) is 0 Å². The molecule has 2 aliphatic carbocycles. The Kier molecular flexibility index (Phi) is 2.78. The molecule has 0 bridgehead atoms. The van der Waals surface area contributed by atoms with E-state index in [4.69, 9.17) is 10.2 Å². The SMILES string of the molecule is CC(N)c1nnc(N(CC2CC2)CC2CC2)o1. The minimum Gasteiger partial charge on any atom is -0.406 e. The lowest BCUT2D eigenvalue weighted by Crippen LogP contribution is -2.28. The molecular weight excluding hydrogens is 216 g/mol. The normalized spacial score (nSPS) is 21.5. The van der Waals surface area contributed by atoms with E-state index in [0.717, 1.165) is 24.9 Å². The summed E-state index contributed by atoms with van der Waals surface area (Å²) in [6.45, 7) is 4.00. The van der Waals surface area contributed by atoms with Gasteiger partial charge in [-0.1, -0.05) is 5.10 Å². The number of aromatic nitrogens is 2. The van der Waals surface area contributed by atoms with Crippen LogP contribution in [0, 0.1) is 11.8 Å². The number of nitrogens with two attached hydrogens (primary N) is 1. The van der Waals surface area contributed by atoms with Gasteiger partial charge >= 0.3 is 6.01 Å². The van der Waals surface area contributed by atoms with E-state index in [1.165, 1.54) is 25.7 Å². The largest absolute Gasteiger partial charge is 0.406 e. The van der Waals surface area contributed by atoms with E-state index in [1.54, 1.807) is 0 Å². The quantitative estimate of drug-likeness (QED) is 0.814. The fraction of sp³-hybridized carbons (Fsp3) is 0.833. The van der Waals surface area contributed by atoms with E-state index >= 15 is 0 Å². The van der Waals surface area contributed by atoms with Crippen molar-refractivity contribution < 1.29 is 4.42 Å². The Hall–Kier alpha value is -1.10. The Morgan fingerprint density at radius 1 is 1.24 bits per heavy atom. The zero-order valence-corrected chi connectivity index (χ0v) is 10.3. The maximum absolute atomic E-state index is 5.74. The summed E-state index contributed by atoms with van der Waals surface area (Å²) in [4.78, 5) is 2.26. The van der Waals surface area contributed by atoms with Gasteiger partial charge in [-0.05, 0) is 44.4 Å². The molecule has 1 unspecified atom stereocenters. The van der Waals surface area contributed by atoms with Crippen molar-refractivity contribution in [3.05, 3.63) is 5.89 Å². The first-order valence-electron chi connectivity index (χ1n) is 6.56. The standard InChI is InChI=1S/C12H20N4O/c1-8(13)11-14-15-12(17-11)16(6-9-2-3-9)7-10-4-5-10/h8-10H,2-7,13H2,1H3. The fourth-order valence-electron chi connectivity index (χ4n) is 1.99. The van der Waals surface area contributed by atoms with Gasteiger partial charge in [-0.3, -0.25) is 0 Å². The van der Waals surface area contributed by atoms with Crippen molar-refractivity contribution in [1.29, 1.82) is 0 Å². The Balaban J connectivity index is 1.69. The van der Waals surface area contributed by atoms with Crippen LogP contribution in [-0.4, -0.2) is 23.3 Å². The molecule has 2 aliphatic rings. The van der Waals surface area contributed by atoms with Crippen LogP contribution in [0.5, 0.6) is 0 Å². The topological polar surface area (TPSA) is 68.2 Å². The highest BCUT2D eigenvalue weighted by atomic mass is 16.4. The van der Waals surface area contributed by atoms with Gasteiger partial charge in [-0.25, -0.2) is 0 Å². The Morgan fingerprint density at radius 2 is 1.82 bits per heavy atom. The van der Waals surface area contributed by atoms with Crippen LogP contribution in [0.25, 0.3) is 0 Å². The molecule has 94 valence electrons. The van der Waals surface area contributed by atoms with E-state index in [0.29, 0.717) is 11.9 Å². The smallest absolute Gasteiger partial charge is 0.318 e.